The second kappa shape index (κ2) is 7.33. The van der Waals surface area contributed by atoms with Gasteiger partial charge in [-0.15, -0.1) is 0 Å². The molecular formula is C22H18F4N4O. The van der Waals surface area contributed by atoms with E-state index in [0.717, 1.165) is 12.3 Å². The van der Waals surface area contributed by atoms with Crippen LogP contribution in [0.1, 0.15) is 35.0 Å². The molecule has 2 atom stereocenters. The van der Waals surface area contributed by atoms with Gasteiger partial charge >= 0.3 is 6.18 Å². The lowest BCUT2D eigenvalue weighted by atomic mass is 9.79. The number of halogens is 4. The van der Waals surface area contributed by atoms with Gasteiger partial charge in [0.25, 0.3) is 5.56 Å². The lowest BCUT2D eigenvalue weighted by Gasteiger charge is -2.31. The Bertz CT molecular complexity index is 1200. The first-order chi connectivity index (χ1) is 14.6. The van der Waals surface area contributed by atoms with Crippen LogP contribution in [0.15, 0.2) is 64.5 Å². The van der Waals surface area contributed by atoms with Crippen LogP contribution in [-0.2, 0) is 11.7 Å². The monoisotopic (exact) mass is 430 g/mol. The maximum absolute atomic E-state index is 13.6. The van der Waals surface area contributed by atoms with E-state index in [1.807, 2.05) is 6.92 Å². The highest BCUT2D eigenvalue weighted by molar-refractivity contribution is 5.99. The summed E-state index contributed by atoms with van der Waals surface area (Å²) in [6.45, 7) is 3.48. The van der Waals surface area contributed by atoms with Gasteiger partial charge in [-0.2, -0.15) is 13.2 Å². The van der Waals surface area contributed by atoms with Crippen LogP contribution in [0.25, 0.3) is 0 Å². The van der Waals surface area contributed by atoms with E-state index in [2.05, 4.69) is 15.3 Å². The number of aromatic amines is 1. The van der Waals surface area contributed by atoms with Crippen LogP contribution in [0.3, 0.4) is 0 Å². The number of aryl methyl sites for hydroxylation is 1. The number of nitrogens with zero attached hydrogens (tertiary/aromatic N) is 2. The Labute approximate surface area is 174 Å². The summed E-state index contributed by atoms with van der Waals surface area (Å²) in [7, 11) is 0. The highest BCUT2D eigenvalue weighted by atomic mass is 19.4. The van der Waals surface area contributed by atoms with Crippen molar-refractivity contribution >= 4 is 5.84 Å². The summed E-state index contributed by atoms with van der Waals surface area (Å²) >= 11 is 0. The Kier molecular flexibility index (Phi) is 4.91. The van der Waals surface area contributed by atoms with Gasteiger partial charge in [-0.05, 0) is 43.7 Å². The Hall–Kier alpha value is -3.49. The van der Waals surface area contributed by atoms with Gasteiger partial charge in [0.2, 0.25) is 0 Å². The second-order valence-corrected chi connectivity index (χ2v) is 7.41. The lowest BCUT2D eigenvalue weighted by Crippen LogP contribution is -2.41. The second-order valence-electron chi connectivity index (χ2n) is 7.41. The zero-order valence-corrected chi connectivity index (χ0v) is 16.6. The average molecular weight is 430 g/mol. The Balaban J connectivity index is 1.90. The predicted octanol–water partition coefficient (Wildman–Crippen LogP) is 3.92. The molecule has 9 heteroatoms. The minimum Gasteiger partial charge on any atom is -0.363 e. The fourth-order valence-corrected chi connectivity index (χ4v) is 3.72. The standard InChI is InChI=1S/C22H18F4N4O/c1-12-3-9-17(29-20(12)31)19-28-13(2)21(30-19,14-4-7-16(23)8-5-14)15-6-10-18(27-11-15)22(24,25)26/h3-11,13H,1-2H3,(H,28,30)(H,29,31)/t13-,21?/m0/s1. The van der Waals surface area contributed by atoms with Gasteiger partial charge in [-0.3, -0.25) is 9.78 Å². The van der Waals surface area contributed by atoms with Crippen LogP contribution in [0.5, 0.6) is 0 Å². The summed E-state index contributed by atoms with van der Waals surface area (Å²) in [5.41, 5.74) is -0.529. The number of aliphatic imine (C=N–C) groups is 1. The molecule has 0 saturated heterocycles. The van der Waals surface area contributed by atoms with E-state index in [9.17, 15) is 22.4 Å². The quantitative estimate of drug-likeness (QED) is 0.619. The van der Waals surface area contributed by atoms with Gasteiger partial charge in [-0.25, -0.2) is 9.38 Å². The molecule has 0 fully saturated rings. The molecule has 0 aliphatic carbocycles. The summed E-state index contributed by atoms with van der Waals surface area (Å²) in [6, 6.07) is 10.7. The first kappa shape index (κ1) is 20.8. The molecule has 4 rings (SSSR count). The molecule has 1 aromatic carbocycles. The number of pyridine rings is 2. The van der Waals surface area contributed by atoms with Gasteiger partial charge in [0, 0.05) is 17.3 Å². The first-order valence-electron chi connectivity index (χ1n) is 9.48. The van der Waals surface area contributed by atoms with E-state index in [1.165, 1.54) is 30.3 Å². The van der Waals surface area contributed by atoms with Crippen molar-refractivity contribution in [1.82, 2.24) is 15.3 Å². The number of nitrogens with one attached hydrogen (secondary N) is 2. The van der Waals surface area contributed by atoms with Gasteiger partial charge < -0.3 is 10.3 Å². The number of alkyl halides is 3. The smallest absolute Gasteiger partial charge is 0.363 e. The third-order valence-electron chi connectivity index (χ3n) is 5.41. The molecule has 2 N–H and O–H groups in total. The Morgan fingerprint density at radius 1 is 1.00 bits per heavy atom. The number of benzene rings is 1. The SMILES string of the molecule is Cc1ccc(C2=NC(c3ccc(F)cc3)(c3ccc(C(F)(F)F)nc3)[C@H](C)N2)[nH]c1=O. The van der Waals surface area contributed by atoms with Crippen molar-refractivity contribution in [3.8, 4) is 0 Å². The van der Waals surface area contributed by atoms with Crippen LogP contribution < -0.4 is 10.9 Å². The number of hydrogen-bond donors (Lipinski definition) is 2. The van der Waals surface area contributed by atoms with E-state index >= 15 is 0 Å². The molecule has 31 heavy (non-hydrogen) atoms. The lowest BCUT2D eigenvalue weighted by molar-refractivity contribution is -0.141. The van der Waals surface area contributed by atoms with Crippen molar-refractivity contribution in [1.29, 1.82) is 0 Å². The number of hydrogen-bond acceptors (Lipinski definition) is 4. The molecule has 0 saturated carbocycles. The third-order valence-corrected chi connectivity index (χ3v) is 5.41. The van der Waals surface area contributed by atoms with E-state index in [0.29, 0.717) is 28.2 Å². The molecule has 3 aromatic rings. The highest BCUT2D eigenvalue weighted by Gasteiger charge is 2.46. The minimum absolute atomic E-state index is 0.273. The average Bonchev–Trinajstić information content (AvgIpc) is 3.08. The highest BCUT2D eigenvalue weighted by Crippen LogP contribution is 2.41. The summed E-state index contributed by atoms with van der Waals surface area (Å²) in [5, 5.41) is 3.20. The van der Waals surface area contributed by atoms with E-state index < -0.39 is 29.3 Å². The zero-order valence-electron chi connectivity index (χ0n) is 16.6. The molecule has 160 valence electrons. The van der Waals surface area contributed by atoms with Gasteiger partial charge in [0.15, 0.2) is 0 Å². The molecular weight excluding hydrogens is 412 g/mol. The van der Waals surface area contributed by atoms with Gasteiger partial charge in [0.05, 0.1) is 11.7 Å². The molecule has 3 heterocycles. The number of rotatable bonds is 3. The maximum Gasteiger partial charge on any atom is 0.433 e. The molecule has 5 nitrogen and oxygen atoms in total. The Morgan fingerprint density at radius 3 is 2.26 bits per heavy atom. The van der Waals surface area contributed by atoms with Crippen LogP contribution in [-0.4, -0.2) is 21.8 Å². The molecule has 0 bridgehead atoms. The van der Waals surface area contributed by atoms with Crippen molar-refractivity contribution < 1.29 is 17.6 Å². The number of amidine groups is 1. The molecule has 2 aromatic heterocycles. The summed E-state index contributed by atoms with van der Waals surface area (Å²) in [4.78, 5) is 23.2. The van der Waals surface area contributed by atoms with Crippen LogP contribution in [0.2, 0.25) is 0 Å². The summed E-state index contributed by atoms with van der Waals surface area (Å²) in [6.07, 6.45) is -3.44. The molecule has 0 spiro atoms. The largest absolute Gasteiger partial charge is 0.433 e. The predicted molar refractivity (Wildman–Crippen MR) is 107 cm³/mol. The van der Waals surface area contributed by atoms with Crippen LogP contribution in [0, 0.1) is 12.7 Å². The topological polar surface area (TPSA) is 70.1 Å². The molecule has 0 radical (unpaired) electrons. The van der Waals surface area contributed by atoms with E-state index in [-0.39, 0.29) is 5.56 Å². The van der Waals surface area contributed by atoms with Crippen molar-refractivity contribution in [3.05, 3.63) is 99.0 Å². The van der Waals surface area contributed by atoms with Gasteiger partial charge in [0.1, 0.15) is 22.9 Å². The number of aromatic nitrogens is 2. The summed E-state index contributed by atoms with van der Waals surface area (Å²) < 4.78 is 52.6. The van der Waals surface area contributed by atoms with Gasteiger partial charge in [-0.1, -0.05) is 24.3 Å². The number of H-pyrrole nitrogens is 1. The Morgan fingerprint density at radius 2 is 1.68 bits per heavy atom. The van der Waals surface area contributed by atoms with Crippen LogP contribution >= 0.6 is 0 Å². The maximum atomic E-state index is 13.6. The molecule has 1 unspecified atom stereocenters. The van der Waals surface area contributed by atoms with E-state index in [4.69, 9.17) is 4.99 Å². The van der Waals surface area contributed by atoms with Crippen molar-refractivity contribution in [2.75, 3.05) is 0 Å². The molecule has 1 aliphatic rings. The van der Waals surface area contributed by atoms with Crippen LogP contribution in [0.4, 0.5) is 17.6 Å². The normalized spacial score (nSPS) is 21.0. The fourth-order valence-electron chi connectivity index (χ4n) is 3.72. The van der Waals surface area contributed by atoms with Crippen molar-refractivity contribution in [2.45, 2.75) is 31.6 Å². The van der Waals surface area contributed by atoms with Crippen molar-refractivity contribution in [3.63, 3.8) is 0 Å². The minimum atomic E-state index is -4.57. The third kappa shape index (κ3) is 3.60. The summed E-state index contributed by atoms with van der Waals surface area (Å²) in [5.74, 6) is -0.0797. The van der Waals surface area contributed by atoms with E-state index in [1.54, 1.807) is 19.1 Å². The molecule has 1 aliphatic heterocycles. The molecule has 0 amide bonds. The fraction of sp³-hybridized carbons (Fsp3) is 0.227. The first-order valence-corrected chi connectivity index (χ1v) is 9.48. The van der Waals surface area contributed by atoms with Crippen molar-refractivity contribution in [2.24, 2.45) is 4.99 Å². The zero-order chi connectivity index (χ0) is 22.4.